The van der Waals surface area contributed by atoms with Gasteiger partial charge in [-0.2, -0.15) is 0 Å². The molecule has 0 aromatic heterocycles. The Kier molecular flexibility index (Phi) is 7.78. The molecule has 7 nitrogen and oxygen atoms in total. The van der Waals surface area contributed by atoms with Crippen LogP contribution in [0.5, 0.6) is 0 Å². The van der Waals surface area contributed by atoms with E-state index in [-0.39, 0.29) is 7.53 Å². The lowest BCUT2D eigenvalue weighted by Crippen LogP contribution is -2.48. The molecule has 26 heavy (non-hydrogen) atoms. The molecular formula is C19H36N4O3. The van der Waals surface area contributed by atoms with Crippen molar-refractivity contribution in [1.82, 2.24) is 10.2 Å². The lowest BCUT2D eigenvalue weighted by atomic mass is 10.0. The van der Waals surface area contributed by atoms with Crippen molar-refractivity contribution in [2.75, 3.05) is 26.3 Å². The zero-order chi connectivity index (χ0) is 19.1. The zero-order valence-corrected chi connectivity index (χ0v) is 16.3. The van der Waals surface area contributed by atoms with Crippen molar-refractivity contribution in [2.45, 2.75) is 64.6 Å². The molecule has 0 unspecified atom stereocenters. The number of hydrogen-bond donors (Lipinski definition) is 3. The lowest BCUT2D eigenvalue weighted by Gasteiger charge is -2.37. The number of nitrogens with zero attached hydrogens (tertiary/aromatic N) is 1. The Bertz CT molecular complexity index is 533. The highest BCUT2D eigenvalue weighted by atomic mass is 16.5. The van der Waals surface area contributed by atoms with Gasteiger partial charge in [0.05, 0.1) is 6.10 Å². The number of nitrogens with two attached hydrogens (primary N) is 2. The molecule has 0 saturated carbocycles. The van der Waals surface area contributed by atoms with Crippen molar-refractivity contribution < 1.29 is 15.7 Å². The summed E-state index contributed by atoms with van der Waals surface area (Å²) in [5, 5.41) is 3.74. The third-order valence-corrected chi connectivity index (χ3v) is 4.74. The van der Waals surface area contributed by atoms with Crippen LogP contribution in [0.4, 0.5) is 0 Å². The van der Waals surface area contributed by atoms with Gasteiger partial charge in [-0.3, -0.25) is 0 Å². The van der Waals surface area contributed by atoms with E-state index >= 15 is 0 Å². The number of carbonyl (C=O) groups is 1. The molecule has 2 rings (SSSR count). The molecule has 2 aliphatic rings. The molecule has 0 aromatic carbocycles. The molecule has 2 heterocycles. The maximum absolute atomic E-state index is 12.4. The van der Waals surface area contributed by atoms with Crippen LogP contribution in [0.1, 0.15) is 47.9 Å². The third kappa shape index (κ3) is 6.21. The van der Waals surface area contributed by atoms with Crippen molar-refractivity contribution in [3.05, 3.63) is 23.2 Å². The van der Waals surface area contributed by atoms with Gasteiger partial charge in [-0.1, -0.05) is 0 Å². The second kappa shape index (κ2) is 9.83. The second-order valence-corrected chi connectivity index (χ2v) is 7.46. The van der Waals surface area contributed by atoms with E-state index in [1.54, 1.807) is 13.0 Å². The molecule has 0 atom stereocenters. The first kappa shape index (κ1) is 20.6. The summed E-state index contributed by atoms with van der Waals surface area (Å²) in [6.45, 7) is 8.68. The summed E-state index contributed by atoms with van der Waals surface area (Å²) in [4.78, 5) is 14.4. The van der Waals surface area contributed by atoms with Crippen LogP contribution in [0, 0.1) is 0 Å². The van der Waals surface area contributed by atoms with Gasteiger partial charge in [0.25, 0.3) is 0 Å². The molecule has 0 aliphatic carbocycles. The van der Waals surface area contributed by atoms with Crippen LogP contribution in [-0.4, -0.2) is 55.4 Å². The number of carbonyl (C=O) groups excluding carboxylic acids is 1. The first-order valence-electron chi connectivity index (χ1n) is 9.60. The Morgan fingerprint density at radius 2 is 1.77 bits per heavy atom. The minimum absolute atomic E-state index is 0. The van der Waals surface area contributed by atoms with Gasteiger partial charge in [-0.15, -0.1) is 0 Å². The maximum atomic E-state index is 12.4. The van der Waals surface area contributed by atoms with Gasteiger partial charge in [-0.25, -0.2) is 4.79 Å². The quantitative estimate of drug-likeness (QED) is 0.370. The van der Waals surface area contributed by atoms with Crippen molar-refractivity contribution in [3.8, 4) is 0 Å². The van der Waals surface area contributed by atoms with Crippen molar-refractivity contribution in [1.29, 1.82) is 0 Å². The standard InChI is InChI=1S/C19H34N4O3.H2/c1-13(2)26-19(24)17(12-14(3)20)18(21)23-8-4-15(5-9-23)22-16-6-10-25-11-7-16;/h12-13,15-16,22H,4-11,20-21H2,1-3H3;1H/b14-12-,18-17-;. The Morgan fingerprint density at radius 3 is 2.31 bits per heavy atom. The van der Waals surface area contributed by atoms with Crippen LogP contribution in [0.25, 0.3) is 0 Å². The number of hydrogen-bond acceptors (Lipinski definition) is 7. The lowest BCUT2D eigenvalue weighted by molar-refractivity contribution is -0.142. The van der Waals surface area contributed by atoms with E-state index in [1.807, 2.05) is 13.8 Å². The van der Waals surface area contributed by atoms with Gasteiger partial charge in [0.1, 0.15) is 11.4 Å². The Morgan fingerprint density at radius 1 is 1.19 bits per heavy atom. The smallest absolute Gasteiger partial charge is 0.342 e. The molecule has 5 N–H and O–H groups in total. The minimum Gasteiger partial charge on any atom is -0.459 e. The van der Waals surface area contributed by atoms with E-state index in [0.717, 1.165) is 52.0 Å². The molecule has 0 bridgehead atoms. The van der Waals surface area contributed by atoms with Crippen molar-refractivity contribution in [3.63, 3.8) is 0 Å². The first-order chi connectivity index (χ1) is 12.4. The summed E-state index contributed by atoms with van der Waals surface area (Å²) in [6.07, 6.45) is 5.55. The topological polar surface area (TPSA) is 103 Å². The fraction of sp³-hybridized carbons (Fsp3) is 0.737. The van der Waals surface area contributed by atoms with Gasteiger partial charge in [0.2, 0.25) is 0 Å². The fourth-order valence-corrected chi connectivity index (χ4v) is 3.40. The normalized spacial score (nSPS) is 21.7. The summed E-state index contributed by atoms with van der Waals surface area (Å²) in [6, 6.07) is 1.03. The molecule has 0 amide bonds. The van der Waals surface area contributed by atoms with Crippen LogP contribution < -0.4 is 16.8 Å². The van der Waals surface area contributed by atoms with E-state index in [2.05, 4.69) is 10.2 Å². The Labute approximate surface area is 158 Å². The molecule has 0 radical (unpaired) electrons. The monoisotopic (exact) mass is 368 g/mol. The fourth-order valence-electron chi connectivity index (χ4n) is 3.40. The summed E-state index contributed by atoms with van der Waals surface area (Å²) in [7, 11) is 0. The molecular weight excluding hydrogens is 332 g/mol. The number of nitrogens with one attached hydrogen (secondary N) is 1. The van der Waals surface area contributed by atoms with E-state index < -0.39 is 5.97 Å². The number of esters is 1. The number of rotatable bonds is 6. The largest absolute Gasteiger partial charge is 0.459 e. The maximum Gasteiger partial charge on any atom is 0.342 e. The zero-order valence-electron chi connectivity index (χ0n) is 16.3. The Hall–Kier alpha value is -1.73. The number of allylic oxidation sites excluding steroid dienone is 1. The number of likely N-dealkylation sites (tertiary alicyclic amines) is 1. The van der Waals surface area contributed by atoms with Crippen molar-refractivity contribution in [2.24, 2.45) is 11.5 Å². The summed E-state index contributed by atoms with van der Waals surface area (Å²) < 4.78 is 10.7. The van der Waals surface area contributed by atoms with Crippen molar-refractivity contribution >= 4 is 5.97 Å². The number of ether oxygens (including phenoxy) is 2. The van der Waals surface area contributed by atoms with E-state index in [9.17, 15) is 4.79 Å². The average Bonchev–Trinajstić information content (AvgIpc) is 2.60. The van der Waals surface area contributed by atoms with Gasteiger partial charge in [-0.05, 0) is 52.5 Å². The van der Waals surface area contributed by atoms with Gasteiger partial charge in [0.15, 0.2) is 0 Å². The van der Waals surface area contributed by atoms with Crippen LogP contribution >= 0.6 is 0 Å². The predicted octanol–water partition coefficient (Wildman–Crippen LogP) is 1.45. The van der Waals surface area contributed by atoms with Crippen LogP contribution in [0.2, 0.25) is 0 Å². The molecule has 2 saturated heterocycles. The highest BCUT2D eigenvalue weighted by Gasteiger charge is 2.26. The molecule has 0 spiro atoms. The molecule has 7 heteroatoms. The molecule has 2 fully saturated rings. The molecule has 150 valence electrons. The molecule has 2 aliphatic heterocycles. The van der Waals surface area contributed by atoms with Gasteiger partial charge in [0, 0.05) is 45.5 Å². The second-order valence-electron chi connectivity index (χ2n) is 7.46. The third-order valence-electron chi connectivity index (χ3n) is 4.74. The van der Waals surface area contributed by atoms with Gasteiger partial charge >= 0.3 is 5.97 Å². The van der Waals surface area contributed by atoms with E-state index in [0.29, 0.717) is 29.2 Å². The van der Waals surface area contributed by atoms with E-state index in [4.69, 9.17) is 20.9 Å². The summed E-state index contributed by atoms with van der Waals surface area (Å²) in [5.41, 5.74) is 13.0. The highest BCUT2D eigenvalue weighted by molar-refractivity contribution is 5.92. The molecule has 0 aromatic rings. The predicted molar refractivity (Wildman–Crippen MR) is 104 cm³/mol. The summed E-state index contributed by atoms with van der Waals surface area (Å²) in [5.74, 6) is 0.0229. The minimum atomic E-state index is -0.426. The van der Waals surface area contributed by atoms with Gasteiger partial charge < -0.3 is 31.2 Å². The first-order valence-corrected chi connectivity index (χ1v) is 9.60. The Balaban J connectivity index is 0.00000364. The highest BCUT2D eigenvalue weighted by Crippen LogP contribution is 2.19. The van der Waals surface area contributed by atoms with Crippen LogP contribution in [0.3, 0.4) is 0 Å². The summed E-state index contributed by atoms with van der Waals surface area (Å²) >= 11 is 0. The van der Waals surface area contributed by atoms with Crippen LogP contribution in [0.15, 0.2) is 23.2 Å². The van der Waals surface area contributed by atoms with E-state index in [1.165, 1.54) is 0 Å². The SMILES string of the molecule is C/C(N)=C/C(C(=O)OC(C)C)=C(\N)N1CCC(NC2CCOCC2)CC1.[HH]. The number of piperidine rings is 1. The van der Waals surface area contributed by atoms with Crippen LogP contribution in [-0.2, 0) is 14.3 Å². The average molecular weight is 369 g/mol.